The van der Waals surface area contributed by atoms with E-state index in [-0.39, 0.29) is 12.5 Å². The normalized spacial score (nSPS) is 11.3. The Morgan fingerprint density at radius 3 is 2.37 bits per heavy atom. The van der Waals surface area contributed by atoms with Crippen LogP contribution in [-0.4, -0.2) is 33.7 Å². The summed E-state index contributed by atoms with van der Waals surface area (Å²) in [7, 11) is -3.62. The SMILES string of the molecule is Cc1ccc(N(CC(=O)NCCCc2ccc(Cl)cc2)S(C)(=O)=O)cc1Cl. The molecule has 27 heavy (non-hydrogen) atoms. The van der Waals surface area contributed by atoms with E-state index < -0.39 is 10.0 Å². The van der Waals surface area contributed by atoms with Crippen LogP contribution in [0.25, 0.3) is 0 Å². The number of hydrogen-bond donors (Lipinski definition) is 1. The summed E-state index contributed by atoms with van der Waals surface area (Å²) >= 11 is 11.9. The lowest BCUT2D eigenvalue weighted by molar-refractivity contribution is -0.119. The topological polar surface area (TPSA) is 66.5 Å². The first-order valence-corrected chi connectivity index (χ1v) is 11.0. The van der Waals surface area contributed by atoms with Crippen molar-refractivity contribution in [2.75, 3.05) is 23.7 Å². The van der Waals surface area contributed by atoms with Crippen molar-refractivity contribution in [2.45, 2.75) is 19.8 Å². The zero-order valence-electron chi connectivity index (χ0n) is 15.2. The molecule has 8 heteroatoms. The third kappa shape index (κ3) is 6.72. The summed E-state index contributed by atoms with van der Waals surface area (Å²) in [6.45, 7) is 1.98. The van der Waals surface area contributed by atoms with E-state index in [0.29, 0.717) is 22.3 Å². The molecule has 0 fully saturated rings. The van der Waals surface area contributed by atoms with Gasteiger partial charge < -0.3 is 5.32 Å². The van der Waals surface area contributed by atoms with E-state index in [0.717, 1.165) is 34.5 Å². The average Bonchev–Trinajstić information content (AvgIpc) is 2.60. The summed E-state index contributed by atoms with van der Waals surface area (Å²) in [4.78, 5) is 12.2. The van der Waals surface area contributed by atoms with Crippen LogP contribution < -0.4 is 9.62 Å². The predicted molar refractivity (Wildman–Crippen MR) is 111 cm³/mol. The molecular weight excluding hydrogens is 407 g/mol. The number of carbonyl (C=O) groups excluding carboxylic acids is 1. The second-order valence-electron chi connectivity index (χ2n) is 6.28. The van der Waals surface area contributed by atoms with Gasteiger partial charge >= 0.3 is 0 Å². The molecule has 0 radical (unpaired) electrons. The Morgan fingerprint density at radius 1 is 1.11 bits per heavy atom. The van der Waals surface area contributed by atoms with Crippen LogP contribution in [-0.2, 0) is 21.2 Å². The monoisotopic (exact) mass is 428 g/mol. The van der Waals surface area contributed by atoms with Gasteiger partial charge in [-0.25, -0.2) is 8.42 Å². The summed E-state index contributed by atoms with van der Waals surface area (Å²) in [6.07, 6.45) is 2.60. The molecule has 1 N–H and O–H groups in total. The molecule has 0 aliphatic rings. The van der Waals surface area contributed by atoms with E-state index in [1.807, 2.05) is 31.2 Å². The lowest BCUT2D eigenvalue weighted by Gasteiger charge is -2.22. The highest BCUT2D eigenvalue weighted by Gasteiger charge is 2.21. The Labute approximate surface area is 170 Å². The van der Waals surface area contributed by atoms with Gasteiger partial charge in [0.25, 0.3) is 0 Å². The number of anilines is 1. The number of rotatable bonds is 8. The summed E-state index contributed by atoms with van der Waals surface area (Å²) in [6, 6.07) is 12.4. The molecule has 0 atom stereocenters. The first-order valence-electron chi connectivity index (χ1n) is 8.42. The standard InChI is InChI=1S/C19H22Cl2N2O3S/c1-14-5-10-17(12-18(14)21)23(27(2,25)26)13-19(24)22-11-3-4-15-6-8-16(20)9-7-15/h5-10,12H,3-4,11,13H2,1-2H3,(H,22,24). The number of nitrogens with one attached hydrogen (secondary N) is 1. The summed E-state index contributed by atoms with van der Waals surface area (Å²) in [5.74, 6) is -0.367. The van der Waals surface area contributed by atoms with Gasteiger partial charge in [-0.15, -0.1) is 0 Å². The molecule has 0 unspecified atom stereocenters. The van der Waals surface area contributed by atoms with Crippen LogP contribution in [0.2, 0.25) is 10.0 Å². The molecule has 2 aromatic rings. The fourth-order valence-electron chi connectivity index (χ4n) is 2.49. The van der Waals surface area contributed by atoms with Crippen LogP contribution in [0.3, 0.4) is 0 Å². The highest BCUT2D eigenvalue weighted by molar-refractivity contribution is 7.92. The Morgan fingerprint density at radius 2 is 1.78 bits per heavy atom. The lowest BCUT2D eigenvalue weighted by Crippen LogP contribution is -2.40. The number of hydrogen-bond acceptors (Lipinski definition) is 3. The minimum Gasteiger partial charge on any atom is -0.355 e. The largest absolute Gasteiger partial charge is 0.355 e. The zero-order chi connectivity index (χ0) is 20.0. The third-order valence-corrected chi connectivity index (χ3v) is 5.81. The van der Waals surface area contributed by atoms with Crippen LogP contribution in [0, 0.1) is 6.92 Å². The minimum absolute atomic E-state index is 0.292. The molecule has 146 valence electrons. The van der Waals surface area contributed by atoms with Crippen LogP contribution in [0.15, 0.2) is 42.5 Å². The van der Waals surface area contributed by atoms with Gasteiger partial charge in [0.1, 0.15) is 6.54 Å². The van der Waals surface area contributed by atoms with Crippen molar-refractivity contribution in [3.63, 3.8) is 0 Å². The molecule has 1 amide bonds. The summed E-state index contributed by atoms with van der Waals surface area (Å²) in [5, 5.41) is 3.89. The van der Waals surface area contributed by atoms with Crippen molar-refractivity contribution < 1.29 is 13.2 Å². The molecule has 0 bridgehead atoms. The third-order valence-electron chi connectivity index (χ3n) is 4.01. The smallest absolute Gasteiger partial charge is 0.240 e. The van der Waals surface area contributed by atoms with E-state index in [1.165, 1.54) is 0 Å². The Bertz CT molecular complexity index is 900. The van der Waals surface area contributed by atoms with Gasteiger partial charge in [-0.3, -0.25) is 9.10 Å². The van der Waals surface area contributed by atoms with Gasteiger partial charge in [0, 0.05) is 16.6 Å². The molecule has 2 rings (SSSR count). The Balaban J connectivity index is 1.92. The molecule has 2 aromatic carbocycles. The van der Waals surface area contributed by atoms with Crippen molar-refractivity contribution in [3.05, 3.63) is 63.6 Å². The molecule has 0 saturated carbocycles. The van der Waals surface area contributed by atoms with Crippen molar-refractivity contribution in [1.82, 2.24) is 5.32 Å². The van der Waals surface area contributed by atoms with E-state index in [4.69, 9.17) is 23.2 Å². The first-order chi connectivity index (χ1) is 12.7. The van der Waals surface area contributed by atoms with Crippen molar-refractivity contribution in [3.8, 4) is 0 Å². The van der Waals surface area contributed by atoms with Gasteiger partial charge in [0.05, 0.1) is 11.9 Å². The Hall–Kier alpha value is -1.76. The minimum atomic E-state index is -3.62. The summed E-state index contributed by atoms with van der Waals surface area (Å²) < 4.78 is 25.2. The molecule has 0 aliphatic carbocycles. The quantitative estimate of drug-likeness (QED) is 0.649. The van der Waals surface area contributed by atoms with Gasteiger partial charge in [-0.05, 0) is 55.2 Å². The maximum absolute atomic E-state index is 12.2. The van der Waals surface area contributed by atoms with Gasteiger partial charge in [0.2, 0.25) is 15.9 Å². The van der Waals surface area contributed by atoms with Crippen LogP contribution >= 0.6 is 23.2 Å². The Kier molecular flexibility index (Phi) is 7.53. The molecule has 0 saturated heterocycles. The lowest BCUT2D eigenvalue weighted by atomic mass is 10.1. The molecule has 0 aliphatic heterocycles. The molecule has 5 nitrogen and oxygen atoms in total. The highest BCUT2D eigenvalue weighted by Crippen LogP contribution is 2.24. The molecular formula is C19H22Cl2N2O3S. The number of nitrogens with zero attached hydrogens (tertiary/aromatic N) is 1. The summed E-state index contributed by atoms with van der Waals surface area (Å²) in [5.41, 5.74) is 2.32. The maximum atomic E-state index is 12.2. The second kappa shape index (κ2) is 9.44. The maximum Gasteiger partial charge on any atom is 0.240 e. The van der Waals surface area contributed by atoms with Crippen LogP contribution in [0.4, 0.5) is 5.69 Å². The van der Waals surface area contributed by atoms with Gasteiger partial charge in [-0.1, -0.05) is 41.4 Å². The van der Waals surface area contributed by atoms with Gasteiger partial charge in [-0.2, -0.15) is 0 Å². The van der Waals surface area contributed by atoms with E-state index in [2.05, 4.69) is 5.32 Å². The first kappa shape index (κ1) is 21.5. The predicted octanol–water partition coefficient (Wildman–Crippen LogP) is 3.82. The van der Waals surface area contributed by atoms with E-state index >= 15 is 0 Å². The van der Waals surface area contributed by atoms with Crippen molar-refractivity contribution in [2.24, 2.45) is 0 Å². The van der Waals surface area contributed by atoms with Crippen LogP contribution in [0.5, 0.6) is 0 Å². The van der Waals surface area contributed by atoms with Crippen molar-refractivity contribution >= 4 is 44.8 Å². The van der Waals surface area contributed by atoms with Gasteiger partial charge in [0.15, 0.2) is 0 Å². The molecule has 0 heterocycles. The molecule has 0 spiro atoms. The fourth-order valence-corrected chi connectivity index (χ4v) is 3.64. The van der Waals surface area contributed by atoms with Crippen LogP contribution in [0.1, 0.15) is 17.5 Å². The van der Waals surface area contributed by atoms with E-state index in [1.54, 1.807) is 18.2 Å². The zero-order valence-corrected chi connectivity index (χ0v) is 17.5. The second-order valence-corrected chi connectivity index (χ2v) is 9.03. The highest BCUT2D eigenvalue weighted by atomic mass is 35.5. The number of carbonyl (C=O) groups is 1. The number of aryl methyl sites for hydroxylation is 2. The van der Waals surface area contributed by atoms with E-state index in [9.17, 15) is 13.2 Å². The number of halogens is 2. The number of amides is 1. The number of benzene rings is 2. The average molecular weight is 429 g/mol. The number of sulfonamides is 1. The fraction of sp³-hybridized carbons (Fsp3) is 0.316. The van der Waals surface area contributed by atoms with Crippen molar-refractivity contribution in [1.29, 1.82) is 0 Å². The molecule has 0 aromatic heterocycles.